The lowest BCUT2D eigenvalue weighted by Gasteiger charge is -2.38. The first-order valence-electron chi connectivity index (χ1n) is 9.52. The van der Waals surface area contributed by atoms with Crippen molar-refractivity contribution in [1.29, 1.82) is 0 Å². The molecule has 1 amide bonds. The Morgan fingerprint density at radius 1 is 0.962 bits per heavy atom. The number of anilines is 1. The molecule has 3 heteroatoms. The van der Waals surface area contributed by atoms with E-state index in [-0.39, 0.29) is 11.3 Å². The predicted molar refractivity (Wildman–Crippen MR) is 109 cm³/mol. The Balaban J connectivity index is 1.64. The first-order valence-corrected chi connectivity index (χ1v) is 9.52. The van der Waals surface area contributed by atoms with Crippen LogP contribution in [0.25, 0.3) is 0 Å². The second-order valence-electron chi connectivity index (χ2n) is 8.30. The number of rotatable bonds is 3. The molecule has 1 saturated heterocycles. The van der Waals surface area contributed by atoms with Crippen LogP contribution in [0.4, 0.5) is 5.69 Å². The van der Waals surface area contributed by atoms with Crippen LogP contribution in [0.1, 0.15) is 37.5 Å². The first kappa shape index (κ1) is 18.5. The van der Waals surface area contributed by atoms with E-state index in [1.165, 1.54) is 16.8 Å². The normalized spacial score (nSPS) is 15.2. The Kier molecular flexibility index (Phi) is 5.36. The molecule has 3 nitrogen and oxygen atoms in total. The van der Waals surface area contributed by atoms with Crippen LogP contribution in [0.3, 0.4) is 0 Å². The summed E-state index contributed by atoms with van der Waals surface area (Å²) in [4.78, 5) is 17.1. The van der Waals surface area contributed by atoms with Gasteiger partial charge in [-0.05, 0) is 29.5 Å². The maximum atomic E-state index is 12.7. The molecule has 3 rings (SSSR count). The van der Waals surface area contributed by atoms with Crippen molar-refractivity contribution >= 4 is 11.6 Å². The average Bonchev–Trinajstić information content (AvgIpc) is 2.61. The van der Waals surface area contributed by atoms with Gasteiger partial charge in [-0.1, -0.05) is 68.8 Å². The minimum Gasteiger partial charge on any atom is -0.368 e. The minimum atomic E-state index is 0.120. The van der Waals surface area contributed by atoms with E-state index in [0.29, 0.717) is 6.42 Å². The van der Waals surface area contributed by atoms with Gasteiger partial charge in [-0.3, -0.25) is 4.79 Å². The molecule has 2 aromatic carbocycles. The van der Waals surface area contributed by atoms with Crippen molar-refractivity contribution in [1.82, 2.24) is 4.90 Å². The fourth-order valence-electron chi connectivity index (χ4n) is 3.69. The zero-order valence-corrected chi connectivity index (χ0v) is 16.5. The summed E-state index contributed by atoms with van der Waals surface area (Å²) in [6.45, 7) is 12.2. The van der Waals surface area contributed by atoms with Gasteiger partial charge in [-0.2, -0.15) is 0 Å². The van der Waals surface area contributed by atoms with E-state index in [1.807, 2.05) is 17.0 Å². The molecular formula is C23H30N2O. The molecule has 0 aromatic heterocycles. The Morgan fingerprint density at radius 3 is 2.31 bits per heavy atom. The van der Waals surface area contributed by atoms with E-state index in [4.69, 9.17) is 0 Å². The smallest absolute Gasteiger partial charge is 0.227 e. The third kappa shape index (κ3) is 4.27. The Labute approximate surface area is 157 Å². The van der Waals surface area contributed by atoms with E-state index in [0.717, 1.165) is 31.7 Å². The van der Waals surface area contributed by atoms with Gasteiger partial charge < -0.3 is 9.80 Å². The highest BCUT2D eigenvalue weighted by Gasteiger charge is 2.25. The summed E-state index contributed by atoms with van der Waals surface area (Å²) in [7, 11) is 0. The number of carbonyl (C=O) groups is 1. The zero-order valence-electron chi connectivity index (χ0n) is 16.5. The molecule has 1 heterocycles. The van der Waals surface area contributed by atoms with Gasteiger partial charge in [-0.15, -0.1) is 0 Å². The van der Waals surface area contributed by atoms with Crippen molar-refractivity contribution < 1.29 is 4.79 Å². The topological polar surface area (TPSA) is 23.6 Å². The molecule has 0 spiro atoms. The number of aryl methyl sites for hydroxylation is 1. The Hall–Kier alpha value is -2.29. The Morgan fingerprint density at radius 2 is 1.65 bits per heavy atom. The van der Waals surface area contributed by atoms with Crippen LogP contribution in [-0.4, -0.2) is 37.0 Å². The van der Waals surface area contributed by atoms with Crippen LogP contribution in [0.15, 0.2) is 48.5 Å². The SMILES string of the molecule is Cc1cccc(CC(=O)N2CCN(c3ccccc3C(C)(C)C)CC2)c1. The fraction of sp³-hybridized carbons (Fsp3) is 0.435. The zero-order chi connectivity index (χ0) is 18.7. The van der Waals surface area contributed by atoms with Crippen LogP contribution in [0.2, 0.25) is 0 Å². The molecular weight excluding hydrogens is 320 g/mol. The van der Waals surface area contributed by atoms with Gasteiger partial charge in [0.1, 0.15) is 0 Å². The molecule has 26 heavy (non-hydrogen) atoms. The third-order valence-corrected chi connectivity index (χ3v) is 5.12. The number of benzene rings is 2. The molecule has 0 bridgehead atoms. The van der Waals surface area contributed by atoms with Crippen molar-refractivity contribution in [2.75, 3.05) is 31.1 Å². The second-order valence-corrected chi connectivity index (χ2v) is 8.30. The summed E-state index contributed by atoms with van der Waals surface area (Å²) in [5.41, 5.74) is 5.12. The summed E-state index contributed by atoms with van der Waals surface area (Å²) in [5.74, 6) is 0.236. The maximum absolute atomic E-state index is 12.7. The highest BCUT2D eigenvalue weighted by molar-refractivity contribution is 5.79. The number of piperazine rings is 1. The van der Waals surface area contributed by atoms with Crippen molar-refractivity contribution in [3.63, 3.8) is 0 Å². The summed E-state index contributed by atoms with van der Waals surface area (Å²) >= 11 is 0. The van der Waals surface area contributed by atoms with E-state index < -0.39 is 0 Å². The standard InChI is InChI=1S/C23H30N2O/c1-18-8-7-9-19(16-18)17-22(26)25-14-12-24(13-15-25)21-11-6-5-10-20(21)23(2,3)4/h5-11,16H,12-15,17H2,1-4H3. The van der Waals surface area contributed by atoms with Crippen LogP contribution >= 0.6 is 0 Å². The third-order valence-electron chi connectivity index (χ3n) is 5.12. The van der Waals surface area contributed by atoms with Crippen LogP contribution in [-0.2, 0) is 16.6 Å². The summed E-state index contributed by atoms with van der Waals surface area (Å²) in [6, 6.07) is 16.9. The molecule has 0 atom stereocenters. The molecule has 0 saturated carbocycles. The quantitative estimate of drug-likeness (QED) is 0.829. The monoisotopic (exact) mass is 350 g/mol. The lowest BCUT2D eigenvalue weighted by Crippen LogP contribution is -2.49. The number of hydrogen-bond donors (Lipinski definition) is 0. The van der Waals surface area contributed by atoms with Gasteiger partial charge in [0.2, 0.25) is 5.91 Å². The van der Waals surface area contributed by atoms with Gasteiger partial charge in [0, 0.05) is 31.9 Å². The maximum Gasteiger partial charge on any atom is 0.227 e. The largest absolute Gasteiger partial charge is 0.368 e. The number of nitrogens with zero attached hydrogens (tertiary/aromatic N) is 2. The molecule has 1 aliphatic rings. The van der Waals surface area contributed by atoms with Crippen LogP contribution in [0, 0.1) is 6.92 Å². The van der Waals surface area contributed by atoms with Crippen molar-refractivity contribution in [3.8, 4) is 0 Å². The number of amides is 1. The molecule has 0 radical (unpaired) electrons. The fourth-order valence-corrected chi connectivity index (χ4v) is 3.69. The van der Waals surface area contributed by atoms with E-state index in [9.17, 15) is 4.79 Å². The van der Waals surface area contributed by atoms with Crippen molar-refractivity contribution in [3.05, 3.63) is 65.2 Å². The highest BCUT2D eigenvalue weighted by Crippen LogP contribution is 2.32. The van der Waals surface area contributed by atoms with E-state index in [2.05, 4.69) is 69.0 Å². The number of carbonyl (C=O) groups excluding carboxylic acids is 1. The van der Waals surface area contributed by atoms with Gasteiger partial charge >= 0.3 is 0 Å². The highest BCUT2D eigenvalue weighted by atomic mass is 16.2. The summed E-state index contributed by atoms with van der Waals surface area (Å²) < 4.78 is 0. The second kappa shape index (κ2) is 7.53. The summed E-state index contributed by atoms with van der Waals surface area (Å²) in [5, 5.41) is 0. The lowest BCUT2D eigenvalue weighted by atomic mass is 9.85. The number of hydrogen-bond acceptors (Lipinski definition) is 2. The first-order chi connectivity index (χ1) is 12.3. The molecule has 0 unspecified atom stereocenters. The van der Waals surface area contributed by atoms with Crippen molar-refractivity contribution in [2.24, 2.45) is 0 Å². The molecule has 0 N–H and O–H groups in total. The predicted octanol–water partition coefficient (Wildman–Crippen LogP) is 4.18. The van der Waals surface area contributed by atoms with Crippen LogP contribution < -0.4 is 4.90 Å². The van der Waals surface area contributed by atoms with Gasteiger partial charge in [0.05, 0.1) is 6.42 Å². The molecule has 138 valence electrons. The average molecular weight is 351 g/mol. The van der Waals surface area contributed by atoms with Gasteiger partial charge in [-0.25, -0.2) is 0 Å². The van der Waals surface area contributed by atoms with Gasteiger partial charge in [0.25, 0.3) is 0 Å². The molecule has 1 fully saturated rings. The summed E-state index contributed by atoms with van der Waals surface area (Å²) in [6.07, 6.45) is 0.500. The molecule has 1 aliphatic heterocycles. The lowest BCUT2D eigenvalue weighted by molar-refractivity contribution is -0.130. The van der Waals surface area contributed by atoms with Crippen molar-refractivity contribution in [2.45, 2.75) is 39.5 Å². The van der Waals surface area contributed by atoms with Crippen LogP contribution in [0.5, 0.6) is 0 Å². The Bertz CT molecular complexity index is 768. The van der Waals surface area contributed by atoms with Gasteiger partial charge in [0.15, 0.2) is 0 Å². The molecule has 2 aromatic rings. The molecule has 0 aliphatic carbocycles. The number of para-hydroxylation sites is 1. The van der Waals surface area contributed by atoms with E-state index >= 15 is 0 Å². The minimum absolute atomic E-state index is 0.120. The van der Waals surface area contributed by atoms with E-state index in [1.54, 1.807) is 0 Å².